The van der Waals surface area contributed by atoms with E-state index in [1.54, 1.807) is 0 Å². The Labute approximate surface area is 151 Å². The largest absolute Gasteiger partial charge is 0.116 e. The molecule has 0 N–H and O–H groups in total. The van der Waals surface area contributed by atoms with Crippen LogP contribution in [0.15, 0.2) is 110 Å². The van der Waals surface area contributed by atoms with E-state index in [0.29, 0.717) is 0 Å². The van der Waals surface area contributed by atoms with Crippen molar-refractivity contribution in [3.63, 3.8) is 0 Å². The molecule has 0 nitrogen and oxygen atoms in total. The third kappa shape index (κ3) is 3.36. The standard InChI is InChI=1S/C24H24P/c1-3-13-21-14-11-12-19-24(21)25(20-4-2,22-15-7-5-8-16-22)23-17-9-6-10-18-23/h3-12,14-19H,1-2,13,20H2/q+1. The van der Waals surface area contributed by atoms with Crippen LogP contribution < -0.4 is 15.9 Å². The molecule has 0 aliphatic carbocycles. The Kier molecular flexibility index (Phi) is 5.64. The zero-order valence-electron chi connectivity index (χ0n) is 14.5. The minimum absolute atomic E-state index is 0.884. The fourth-order valence-electron chi connectivity index (χ4n) is 3.51. The van der Waals surface area contributed by atoms with Gasteiger partial charge in [-0.25, -0.2) is 0 Å². The Morgan fingerprint density at radius 3 is 1.68 bits per heavy atom. The van der Waals surface area contributed by atoms with Gasteiger partial charge in [-0.15, -0.1) is 6.58 Å². The normalized spacial score (nSPS) is 11.0. The summed E-state index contributed by atoms with van der Waals surface area (Å²) in [6.45, 7) is 8.07. The van der Waals surface area contributed by atoms with Crippen molar-refractivity contribution in [1.82, 2.24) is 0 Å². The van der Waals surface area contributed by atoms with Crippen LogP contribution in [-0.2, 0) is 6.42 Å². The monoisotopic (exact) mass is 343 g/mol. The second-order valence-electron chi connectivity index (χ2n) is 6.07. The molecule has 0 spiro atoms. The predicted molar refractivity (Wildman–Crippen MR) is 114 cm³/mol. The fourth-order valence-corrected chi connectivity index (χ4v) is 7.73. The average Bonchev–Trinajstić information content (AvgIpc) is 2.68. The highest BCUT2D eigenvalue weighted by molar-refractivity contribution is 7.95. The van der Waals surface area contributed by atoms with Gasteiger partial charge in [-0.2, -0.15) is 0 Å². The molecule has 1 heteroatoms. The smallest absolute Gasteiger partial charge is 0.103 e. The lowest BCUT2D eigenvalue weighted by atomic mass is 10.1. The summed E-state index contributed by atoms with van der Waals surface area (Å²) in [4.78, 5) is 0. The first kappa shape index (κ1) is 17.4. The number of hydrogen-bond acceptors (Lipinski definition) is 0. The quantitative estimate of drug-likeness (QED) is 0.423. The van der Waals surface area contributed by atoms with Crippen molar-refractivity contribution in [2.24, 2.45) is 0 Å². The van der Waals surface area contributed by atoms with Gasteiger partial charge in [0.2, 0.25) is 0 Å². The van der Waals surface area contributed by atoms with Crippen LogP contribution in [0.1, 0.15) is 5.56 Å². The summed E-state index contributed by atoms with van der Waals surface area (Å²) in [6.07, 6.45) is 5.92. The van der Waals surface area contributed by atoms with Gasteiger partial charge in [0.25, 0.3) is 0 Å². The SMILES string of the molecule is C=CCc1ccccc1[P+](CC=C)(c1ccccc1)c1ccccc1. The molecule has 25 heavy (non-hydrogen) atoms. The maximum Gasteiger partial charge on any atom is 0.116 e. The Morgan fingerprint density at radius 2 is 1.16 bits per heavy atom. The molecule has 0 aliphatic rings. The van der Waals surface area contributed by atoms with E-state index in [0.717, 1.165) is 12.6 Å². The van der Waals surface area contributed by atoms with Crippen molar-refractivity contribution < 1.29 is 0 Å². The lowest BCUT2D eigenvalue weighted by Gasteiger charge is -2.28. The zero-order valence-corrected chi connectivity index (χ0v) is 15.4. The van der Waals surface area contributed by atoms with Gasteiger partial charge >= 0.3 is 0 Å². The third-order valence-corrected chi connectivity index (χ3v) is 8.99. The van der Waals surface area contributed by atoms with Crippen molar-refractivity contribution in [3.05, 3.63) is 116 Å². The molecule has 0 saturated heterocycles. The first-order chi connectivity index (χ1) is 12.3. The van der Waals surface area contributed by atoms with Gasteiger partial charge < -0.3 is 0 Å². The Bertz CT molecular complexity index is 795. The van der Waals surface area contributed by atoms with Crippen molar-refractivity contribution in [3.8, 4) is 0 Å². The summed E-state index contributed by atoms with van der Waals surface area (Å²) in [5, 5.41) is 4.24. The van der Waals surface area contributed by atoms with Gasteiger partial charge in [0, 0.05) is 0 Å². The van der Waals surface area contributed by atoms with Gasteiger partial charge in [-0.1, -0.05) is 73.3 Å². The fraction of sp³-hybridized carbons (Fsp3) is 0.0833. The molecule has 0 atom stereocenters. The summed E-state index contributed by atoms with van der Waals surface area (Å²) < 4.78 is 0. The number of hydrogen-bond donors (Lipinski definition) is 0. The van der Waals surface area contributed by atoms with Gasteiger partial charge in [-0.3, -0.25) is 0 Å². The van der Waals surface area contributed by atoms with Gasteiger partial charge in [-0.05, 0) is 42.3 Å². The highest BCUT2D eigenvalue weighted by atomic mass is 31.2. The Hall–Kier alpha value is -2.43. The first-order valence-electron chi connectivity index (χ1n) is 8.62. The van der Waals surface area contributed by atoms with E-state index in [-0.39, 0.29) is 0 Å². The van der Waals surface area contributed by atoms with Crippen LogP contribution in [0.2, 0.25) is 0 Å². The first-order valence-corrected chi connectivity index (χ1v) is 10.6. The van der Waals surface area contributed by atoms with Crippen molar-refractivity contribution in [2.45, 2.75) is 6.42 Å². The molecule has 124 valence electrons. The van der Waals surface area contributed by atoms with Crippen LogP contribution in [0.5, 0.6) is 0 Å². The van der Waals surface area contributed by atoms with E-state index in [4.69, 9.17) is 0 Å². The lowest BCUT2D eigenvalue weighted by molar-refractivity contribution is 1.30. The minimum atomic E-state index is -1.79. The molecule has 0 aliphatic heterocycles. The maximum atomic E-state index is 4.11. The van der Waals surface area contributed by atoms with E-state index in [1.165, 1.54) is 21.5 Å². The predicted octanol–water partition coefficient (Wildman–Crippen LogP) is 4.90. The second kappa shape index (κ2) is 8.10. The van der Waals surface area contributed by atoms with Crippen molar-refractivity contribution in [1.29, 1.82) is 0 Å². The molecule has 3 rings (SSSR count). The number of allylic oxidation sites excluding steroid dienone is 2. The average molecular weight is 343 g/mol. The van der Waals surface area contributed by atoms with Crippen molar-refractivity contribution >= 4 is 23.2 Å². The van der Waals surface area contributed by atoms with Crippen LogP contribution in [0, 0.1) is 0 Å². The summed E-state index contributed by atoms with van der Waals surface area (Å²) in [7, 11) is -1.79. The Balaban J connectivity index is 2.36. The number of benzene rings is 3. The highest BCUT2D eigenvalue weighted by Crippen LogP contribution is 2.56. The molecule has 0 heterocycles. The van der Waals surface area contributed by atoms with E-state index in [2.05, 4.69) is 104 Å². The molecule has 0 fully saturated rings. The molecule has 3 aromatic carbocycles. The molecule has 3 aromatic rings. The zero-order chi connectivity index (χ0) is 17.5. The lowest BCUT2D eigenvalue weighted by Crippen LogP contribution is -2.34. The third-order valence-electron chi connectivity index (χ3n) is 4.56. The van der Waals surface area contributed by atoms with E-state index >= 15 is 0 Å². The minimum Gasteiger partial charge on any atom is -0.103 e. The van der Waals surface area contributed by atoms with Crippen LogP contribution in [0.3, 0.4) is 0 Å². The van der Waals surface area contributed by atoms with Gasteiger partial charge in [0.15, 0.2) is 0 Å². The molecule has 0 saturated carbocycles. The molecule has 0 amide bonds. The van der Waals surface area contributed by atoms with Crippen molar-refractivity contribution in [2.75, 3.05) is 6.16 Å². The van der Waals surface area contributed by atoms with Crippen LogP contribution in [0.25, 0.3) is 0 Å². The maximum absolute atomic E-state index is 4.11. The number of rotatable bonds is 7. The summed E-state index contributed by atoms with van der Waals surface area (Å²) in [5.74, 6) is 0. The van der Waals surface area contributed by atoms with E-state index < -0.39 is 7.26 Å². The van der Waals surface area contributed by atoms with Gasteiger partial charge in [0.05, 0.1) is 6.16 Å². The highest BCUT2D eigenvalue weighted by Gasteiger charge is 2.45. The molecular weight excluding hydrogens is 319 g/mol. The topological polar surface area (TPSA) is 0 Å². The molecular formula is C24H24P+. The molecule has 0 radical (unpaired) electrons. The van der Waals surface area contributed by atoms with Crippen LogP contribution in [0.4, 0.5) is 0 Å². The molecule has 0 bridgehead atoms. The summed E-state index contributed by atoms with van der Waals surface area (Å²) in [5.41, 5.74) is 1.36. The van der Waals surface area contributed by atoms with Gasteiger partial charge in [0.1, 0.15) is 23.2 Å². The molecule has 0 aromatic heterocycles. The van der Waals surface area contributed by atoms with E-state index in [1.807, 2.05) is 6.08 Å². The van der Waals surface area contributed by atoms with Crippen LogP contribution in [-0.4, -0.2) is 6.16 Å². The van der Waals surface area contributed by atoms with Crippen LogP contribution >= 0.6 is 7.26 Å². The Morgan fingerprint density at radius 1 is 0.640 bits per heavy atom. The second-order valence-corrected chi connectivity index (χ2v) is 9.57. The summed E-state index contributed by atoms with van der Waals surface area (Å²) >= 11 is 0. The summed E-state index contributed by atoms with van der Waals surface area (Å²) in [6, 6.07) is 30.7. The van der Waals surface area contributed by atoms with E-state index in [9.17, 15) is 0 Å². The molecule has 0 unspecified atom stereocenters.